The minimum atomic E-state index is -0.249. The van der Waals surface area contributed by atoms with Crippen LogP contribution in [0.4, 0.5) is 0 Å². The Kier molecular flexibility index (Phi) is 4.23. The molecule has 2 rings (SSSR count). The molecule has 1 saturated heterocycles. The van der Waals surface area contributed by atoms with Crippen molar-refractivity contribution in [3.63, 3.8) is 0 Å². The van der Waals surface area contributed by atoms with Crippen LogP contribution in [0.15, 0.2) is 4.52 Å². The van der Waals surface area contributed by atoms with Crippen LogP contribution in [-0.4, -0.2) is 66.3 Å². The van der Waals surface area contributed by atoms with E-state index in [1.54, 1.807) is 0 Å². The monoisotopic (exact) mass is 267 g/mol. The van der Waals surface area contributed by atoms with Crippen molar-refractivity contribution in [2.75, 3.05) is 40.3 Å². The smallest absolute Gasteiger partial charge is 0.233 e. The van der Waals surface area contributed by atoms with Gasteiger partial charge in [-0.1, -0.05) is 5.16 Å². The molecular weight excluding hydrogens is 242 g/mol. The van der Waals surface area contributed by atoms with Gasteiger partial charge in [-0.05, 0) is 27.9 Å². The van der Waals surface area contributed by atoms with Gasteiger partial charge in [-0.15, -0.1) is 0 Å². The van der Waals surface area contributed by atoms with E-state index in [2.05, 4.69) is 34.0 Å². The Morgan fingerprint density at radius 1 is 1.37 bits per heavy atom. The van der Waals surface area contributed by atoms with Gasteiger partial charge in [0.1, 0.15) is 0 Å². The Bertz CT molecular complexity index is 417. The highest BCUT2D eigenvalue weighted by Crippen LogP contribution is 2.20. The molecule has 1 aromatic heterocycles. The summed E-state index contributed by atoms with van der Waals surface area (Å²) in [7, 11) is 4.31. The lowest BCUT2D eigenvalue weighted by Gasteiger charge is -2.37. The maximum Gasteiger partial charge on any atom is 0.233 e. The fraction of sp³-hybridized carbons (Fsp3) is 0.846. The van der Waals surface area contributed by atoms with Gasteiger partial charge in [-0.3, -0.25) is 0 Å². The lowest BCUT2D eigenvalue weighted by molar-refractivity contribution is 0.113. The maximum absolute atomic E-state index is 5.73. The third-order valence-electron chi connectivity index (χ3n) is 3.96. The van der Waals surface area contributed by atoms with Gasteiger partial charge in [0, 0.05) is 38.6 Å². The first-order valence-electron chi connectivity index (χ1n) is 6.84. The summed E-state index contributed by atoms with van der Waals surface area (Å²) in [6, 6.07) is 0.449. The first-order valence-corrected chi connectivity index (χ1v) is 6.84. The molecular formula is C13H25N5O. The van der Waals surface area contributed by atoms with Crippen LogP contribution in [0.1, 0.15) is 25.6 Å². The third kappa shape index (κ3) is 3.32. The molecule has 2 heterocycles. The van der Waals surface area contributed by atoms with E-state index in [1.165, 1.54) is 0 Å². The highest BCUT2D eigenvalue weighted by atomic mass is 16.5. The molecule has 19 heavy (non-hydrogen) atoms. The van der Waals surface area contributed by atoms with Crippen molar-refractivity contribution in [2.24, 2.45) is 5.73 Å². The third-order valence-corrected chi connectivity index (χ3v) is 3.96. The zero-order chi connectivity index (χ0) is 14.0. The highest BCUT2D eigenvalue weighted by Gasteiger charge is 2.28. The van der Waals surface area contributed by atoms with E-state index in [-0.39, 0.29) is 5.41 Å². The zero-order valence-electron chi connectivity index (χ0n) is 12.4. The van der Waals surface area contributed by atoms with E-state index in [0.29, 0.717) is 18.5 Å². The lowest BCUT2D eigenvalue weighted by Crippen LogP contribution is -2.50. The Morgan fingerprint density at radius 3 is 2.79 bits per heavy atom. The summed E-state index contributed by atoms with van der Waals surface area (Å²) in [4.78, 5) is 9.21. The maximum atomic E-state index is 5.73. The number of likely N-dealkylation sites (N-methyl/N-ethyl adjacent to an activating group) is 2. The van der Waals surface area contributed by atoms with Gasteiger partial charge < -0.3 is 20.1 Å². The van der Waals surface area contributed by atoms with E-state index < -0.39 is 0 Å². The van der Waals surface area contributed by atoms with Crippen LogP contribution in [0.3, 0.4) is 0 Å². The van der Waals surface area contributed by atoms with E-state index in [9.17, 15) is 0 Å². The van der Waals surface area contributed by atoms with Gasteiger partial charge in [0.25, 0.3) is 0 Å². The van der Waals surface area contributed by atoms with Gasteiger partial charge in [0.05, 0.1) is 5.41 Å². The van der Waals surface area contributed by atoms with Crippen LogP contribution in [0.2, 0.25) is 0 Å². The molecule has 0 amide bonds. The van der Waals surface area contributed by atoms with E-state index in [0.717, 1.165) is 31.9 Å². The van der Waals surface area contributed by atoms with E-state index >= 15 is 0 Å². The van der Waals surface area contributed by atoms with Gasteiger partial charge in [-0.25, -0.2) is 0 Å². The molecule has 0 saturated carbocycles. The number of rotatable bonds is 4. The molecule has 1 aliphatic heterocycles. The first kappa shape index (κ1) is 14.4. The normalized spacial score (nSPS) is 22.9. The van der Waals surface area contributed by atoms with Gasteiger partial charge in [-0.2, -0.15) is 4.98 Å². The summed E-state index contributed by atoms with van der Waals surface area (Å²) in [5, 5.41) is 4.10. The molecule has 1 aromatic rings. The Balaban J connectivity index is 2.03. The van der Waals surface area contributed by atoms with Crippen molar-refractivity contribution in [2.45, 2.75) is 31.7 Å². The van der Waals surface area contributed by atoms with Crippen LogP contribution in [-0.2, 0) is 11.8 Å². The second-order valence-corrected chi connectivity index (χ2v) is 6.20. The molecule has 6 heteroatoms. The zero-order valence-corrected chi connectivity index (χ0v) is 12.4. The van der Waals surface area contributed by atoms with E-state index in [4.69, 9.17) is 10.3 Å². The van der Waals surface area contributed by atoms with Crippen LogP contribution < -0.4 is 5.73 Å². The SMILES string of the molecule is CN1CCN(C)C(Cc2noc(C(C)(C)CN)n2)C1. The number of piperazine rings is 1. The highest BCUT2D eigenvalue weighted by molar-refractivity contribution is 5.02. The molecule has 0 aliphatic carbocycles. The quantitative estimate of drug-likeness (QED) is 0.834. The largest absolute Gasteiger partial charge is 0.339 e. The molecule has 0 spiro atoms. The lowest BCUT2D eigenvalue weighted by atomic mass is 9.94. The van der Waals surface area contributed by atoms with Crippen LogP contribution in [0.25, 0.3) is 0 Å². The molecule has 108 valence electrons. The first-order chi connectivity index (χ1) is 8.92. The van der Waals surface area contributed by atoms with Crippen molar-refractivity contribution in [1.29, 1.82) is 0 Å². The molecule has 1 unspecified atom stereocenters. The summed E-state index contributed by atoms with van der Waals surface area (Å²) in [5.41, 5.74) is 5.48. The van der Waals surface area contributed by atoms with Gasteiger partial charge in [0.2, 0.25) is 5.89 Å². The Labute approximate surface area is 114 Å². The summed E-state index contributed by atoms with van der Waals surface area (Å²) in [5.74, 6) is 1.42. The number of hydrogen-bond acceptors (Lipinski definition) is 6. The molecule has 1 atom stereocenters. The van der Waals surface area contributed by atoms with Crippen molar-refractivity contribution in [3.8, 4) is 0 Å². The Hall–Kier alpha value is -0.980. The van der Waals surface area contributed by atoms with Crippen molar-refractivity contribution in [1.82, 2.24) is 19.9 Å². The molecule has 0 bridgehead atoms. The standard InChI is InChI=1S/C13H25N5O/c1-13(2,9-14)12-15-11(16-19-12)7-10-8-17(3)5-6-18(10)4/h10H,5-9,14H2,1-4H3. The second kappa shape index (κ2) is 5.56. The average molecular weight is 267 g/mol. The fourth-order valence-electron chi connectivity index (χ4n) is 2.23. The van der Waals surface area contributed by atoms with Gasteiger partial charge >= 0.3 is 0 Å². The van der Waals surface area contributed by atoms with Crippen LogP contribution in [0.5, 0.6) is 0 Å². The molecule has 2 N–H and O–H groups in total. The summed E-state index contributed by atoms with van der Waals surface area (Å²) in [6.07, 6.45) is 0.824. The molecule has 0 radical (unpaired) electrons. The summed E-state index contributed by atoms with van der Waals surface area (Å²) >= 11 is 0. The fourth-order valence-corrected chi connectivity index (χ4v) is 2.23. The number of aromatic nitrogens is 2. The number of hydrogen-bond donors (Lipinski definition) is 1. The summed E-state index contributed by atoms with van der Waals surface area (Å²) in [6.45, 7) is 7.78. The molecule has 0 aromatic carbocycles. The van der Waals surface area contributed by atoms with Crippen molar-refractivity contribution < 1.29 is 4.52 Å². The van der Waals surface area contributed by atoms with Crippen LogP contribution in [0, 0.1) is 0 Å². The summed E-state index contributed by atoms with van der Waals surface area (Å²) < 4.78 is 5.35. The second-order valence-electron chi connectivity index (χ2n) is 6.20. The molecule has 6 nitrogen and oxygen atoms in total. The van der Waals surface area contributed by atoms with Crippen LogP contribution >= 0.6 is 0 Å². The molecule has 1 fully saturated rings. The minimum Gasteiger partial charge on any atom is -0.339 e. The predicted octanol–water partition coefficient (Wildman–Crippen LogP) is 0.0942. The van der Waals surface area contributed by atoms with E-state index in [1.807, 2.05) is 13.8 Å². The van der Waals surface area contributed by atoms with Crippen molar-refractivity contribution >= 4 is 0 Å². The average Bonchev–Trinajstić information content (AvgIpc) is 2.83. The minimum absolute atomic E-state index is 0.249. The number of nitrogens with two attached hydrogens (primary N) is 1. The predicted molar refractivity (Wildman–Crippen MR) is 74.0 cm³/mol. The van der Waals surface area contributed by atoms with Gasteiger partial charge in [0.15, 0.2) is 5.82 Å². The number of nitrogens with zero attached hydrogens (tertiary/aromatic N) is 4. The topological polar surface area (TPSA) is 71.4 Å². The molecule has 1 aliphatic rings. The van der Waals surface area contributed by atoms with Crippen molar-refractivity contribution in [3.05, 3.63) is 11.7 Å². The Morgan fingerprint density at radius 2 is 2.11 bits per heavy atom.